The number of nitrogens with zero attached hydrogens (tertiary/aromatic N) is 3. The van der Waals surface area contributed by atoms with E-state index < -0.39 is 23.8 Å². The summed E-state index contributed by atoms with van der Waals surface area (Å²) < 4.78 is 45.5. The van der Waals surface area contributed by atoms with Crippen molar-refractivity contribution in [2.45, 2.75) is 12.3 Å². The largest absolute Gasteiger partial charge is 0.475 e. The lowest BCUT2D eigenvalue weighted by Gasteiger charge is -2.26. The SMILES string of the molecule is O=C(NC1=CC(OCCO)=NCN1)C1=CNC2C=CC(c3ccccc3C(F)(F)F)=NN12. The van der Waals surface area contributed by atoms with Gasteiger partial charge in [0, 0.05) is 17.8 Å². The average molecular weight is 448 g/mol. The third-order valence-corrected chi connectivity index (χ3v) is 4.66. The smallest absolute Gasteiger partial charge is 0.417 e. The number of hydrazone groups is 1. The molecule has 168 valence electrons. The molecule has 0 saturated heterocycles. The molecule has 0 radical (unpaired) electrons. The molecule has 0 spiro atoms. The van der Waals surface area contributed by atoms with Gasteiger partial charge in [0.1, 0.15) is 31.0 Å². The molecular weight excluding hydrogens is 429 g/mol. The number of amides is 1. The van der Waals surface area contributed by atoms with Crippen LogP contribution in [-0.2, 0) is 15.7 Å². The van der Waals surface area contributed by atoms with Gasteiger partial charge in [-0.1, -0.05) is 18.2 Å². The number of aliphatic imine (C=N–C) groups is 1. The number of alkyl halides is 3. The Kier molecular flexibility index (Phi) is 5.86. The number of carbonyl (C=O) groups excluding carboxylic acids is 1. The highest BCUT2D eigenvalue weighted by Crippen LogP contribution is 2.33. The third-order valence-electron chi connectivity index (χ3n) is 4.66. The van der Waals surface area contributed by atoms with Crippen LogP contribution in [0.2, 0.25) is 0 Å². The Bertz CT molecular complexity index is 1060. The maximum atomic E-state index is 13.4. The average Bonchev–Trinajstić information content (AvgIpc) is 3.21. The molecule has 4 N–H and O–H groups in total. The van der Waals surface area contributed by atoms with Crippen LogP contribution >= 0.6 is 0 Å². The van der Waals surface area contributed by atoms with Gasteiger partial charge in [0.2, 0.25) is 5.90 Å². The van der Waals surface area contributed by atoms with E-state index in [0.717, 1.165) is 6.07 Å². The summed E-state index contributed by atoms with van der Waals surface area (Å²) in [5.74, 6) is 0.0283. The number of nitrogens with one attached hydrogen (secondary N) is 3. The molecule has 1 atom stereocenters. The van der Waals surface area contributed by atoms with Gasteiger partial charge < -0.3 is 25.8 Å². The van der Waals surface area contributed by atoms with Crippen LogP contribution in [0.4, 0.5) is 13.2 Å². The van der Waals surface area contributed by atoms with Crippen LogP contribution in [0.1, 0.15) is 11.1 Å². The quantitative estimate of drug-likeness (QED) is 0.535. The fourth-order valence-electron chi connectivity index (χ4n) is 3.23. The van der Waals surface area contributed by atoms with Gasteiger partial charge in [0.05, 0.1) is 17.9 Å². The fourth-order valence-corrected chi connectivity index (χ4v) is 3.23. The molecule has 32 heavy (non-hydrogen) atoms. The highest BCUT2D eigenvalue weighted by atomic mass is 19.4. The first kappa shape index (κ1) is 21.4. The molecule has 1 amide bonds. The number of halogens is 3. The van der Waals surface area contributed by atoms with E-state index in [1.807, 2.05) is 0 Å². The molecule has 1 unspecified atom stereocenters. The normalized spacial score (nSPS) is 19.6. The molecule has 1 aromatic carbocycles. The molecule has 0 saturated carbocycles. The lowest BCUT2D eigenvalue weighted by molar-refractivity contribution is -0.137. The fraction of sp³-hybridized carbons (Fsp3) is 0.250. The van der Waals surface area contributed by atoms with E-state index >= 15 is 0 Å². The zero-order chi connectivity index (χ0) is 22.7. The number of fused-ring (bicyclic) bond motifs is 1. The third kappa shape index (κ3) is 4.44. The van der Waals surface area contributed by atoms with Crippen LogP contribution in [0.25, 0.3) is 0 Å². The van der Waals surface area contributed by atoms with Gasteiger partial charge in [-0.15, -0.1) is 0 Å². The molecular formula is C20H19F3N6O3. The van der Waals surface area contributed by atoms with Gasteiger partial charge in [-0.05, 0) is 18.2 Å². The van der Waals surface area contributed by atoms with E-state index in [1.54, 1.807) is 6.08 Å². The van der Waals surface area contributed by atoms with Gasteiger partial charge >= 0.3 is 6.18 Å². The number of allylic oxidation sites excluding steroid dienone is 1. The second kappa shape index (κ2) is 8.75. The first-order chi connectivity index (χ1) is 15.4. The van der Waals surface area contributed by atoms with Gasteiger partial charge in [-0.25, -0.2) is 10.0 Å². The predicted octanol–water partition coefficient (Wildman–Crippen LogP) is 0.978. The zero-order valence-corrected chi connectivity index (χ0v) is 16.6. The number of carbonyl (C=O) groups is 1. The number of hydrogen-bond acceptors (Lipinski definition) is 8. The topological polar surface area (TPSA) is 111 Å². The van der Waals surface area contributed by atoms with Crippen molar-refractivity contribution in [3.8, 4) is 0 Å². The minimum atomic E-state index is -4.54. The molecule has 0 aromatic heterocycles. The van der Waals surface area contributed by atoms with Crippen LogP contribution in [0.5, 0.6) is 0 Å². The van der Waals surface area contributed by atoms with Crippen LogP contribution in [0.15, 0.2) is 70.3 Å². The van der Waals surface area contributed by atoms with Crippen molar-refractivity contribution in [2.75, 3.05) is 19.9 Å². The predicted molar refractivity (Wildman–Crippen MR) is 109 cm³/mol. The summed E-state index contributed by atoms with van der Waals surface area (Å²) in [5, 5.41) is 22.9. The first-order valence-corrected chi connectivity index (χ1v) is 9.60. The molecule has 3 heterocycles. The van der Waals surface area contributed by atoms with E-state index in [2.05, 4.69) is 26.0 Å². The van der Waals surface area contributed by atoms with Crippen molar-refractivity contribution in [3.05, 3.63) is 71.3 Å². The number of hydrogen-bond donors (Lipinski definition) is 4. The molecule has 3 aliphatic rings. The highest BCUT2D eigenvalue weighted by Gasteiger charge is 2.36. The maximum Gasteiger partial charge on any atom is 0.417 e. The van der Waals surface area contributed by atoms with Crippen molar-refractivity contribution < 1.29 is 27.8 Å². The van der Waals surface area contributed by atoms with Crippen LogP contribution in [0, 0.1) is 0 Å². The van der Waals surface area contributed by atoms with Gasteiger partial charge in [-0.3, -0.25) is 4.79 Å². The summed E-state index contributed by atoms with van der Waals surface area (Å²) in [6.07, 6.45) is 0.961. The van der Waals surface area contributed by atoms with Gasteiger partial charge in [-0.2, -0.15) is 18.3 Å². The summed E-state index contributed by atoms with van der Waals surface area (Å²) in [4.78, 5) is 16.9. The Balaban J connectivity index is 1.53. The van der Waals surface area contributed by atoms with Crippen LogP contribution < -0.4 is 16.0 Å². The van der Waals surface area contributed by atoms with Crippen molar-refractivity contribution >= 4 is 17.5 Å². The molecule has 0 aliphatic carbocycles. The van der Waals surface area contributed by atoms with Crippen LogP contribution in [0.3, 0.4) is 0 Å². The molecule has 3 aliphatic heterocycles. The molecule has 12 heteroatoms. The van der Waals surface area contributed by atoms with E-state index in [9.17, 15) is 18.0 Å². The molecule has 1 aromatic rings. The van der Waals surface area contributed by atoms with Crippen molar-refractivity contribution in [1.29, 1.82) is 0 Å². The Morgan fingerprint density at radius 1 is 1.34 bits per heavy atom. The monoisotopic (exact) mass is 448 g/mol. The maximum absolute atomic E-state index is 13.4. The molecule has 4 rings (SSSR count). The number of aliphatic hydroxyl groups excluding tert-OH is 1. The number of ether oxygens (including phenoxy) is 1. The second-order valence-corrected chi connectivity index (χ2v) is 6.79. The molecule has 0 fully saturated rings. The summed E-state index contributed by atoms with van der Waals surface area (Å²) in [6.45, 7) is 0.0439. The van der Waals surface area contributed by atoms with E-state index in [0.29, 0.717) is 5.82 Å². The number of aliphatic hydroxyl groups is 1. The van der Waals surface area contributed by atoms with Gasteiger partial charge in [0.15, 0.2) is 0 Å². The summed E-state index contributed by atoms with van der Waals surface area (Å²) in [5.41, 5.74) is -0.696. The Labute approximate surface area is 180 Å². The number of rotatable bonds is 5. The van der Waals surface area contributed by atoms with E-state index in [-0.39, 0.29) is 42.8 Å². The molecule has 0 bridgehead atoms. The highest BCUT2D eigenvalue weighted by molar-refractivity contribution is 6.10. The van der Waals surface area contributed by atoms with E-state index in [4.69, 9.17) is 9.84 Å². The standard InChI is InChI=1S/C20H19F3N6O3/c21-20(22,23)13-4-2-1-3-12(13)14-5-6-17-24-10-15(29(17)28-14)19(31)27-16-9-18(26-11-25-16)32-8-7-30/h1-6,9-10,17,24-25,30H,7-8,11H2,(H,27,31). The summed E-state index contributed by atoms with van der Waals surface area (Å²) >= 11 is 0. The summed E-state index contributed by atoms with van der Waals surface area (Å²) in [7, 11) is 0. The Morgan fingerprint density at radius 2 is 2.16 bits per heavy atom. The number of benzene rings is 1. The zero-order valence-electron chi connectivity index (χ0n) is 16.6. The Morgan fingerprint density at radius 3 is 2.94 bits per heavy atom. The second-order valence-electron chi connectivity index (χ2n) is 6.79. The lowest BCUT2D eigenvalue weighted by Crippen LogP contribution is -2.41. The lowest BCUT2D eigenvalue weighted by atomic mass is 10.0. The summed E-state index contributed by atoms with van der Waals surface area (Å²) in [6, 6.07) is 5.13. The van der Waals surface area contributed by atoms with Crippen LogP contribution in [-0.4, -0.2) is 53.7 Å². The van der Waals surface area contributed by atoms with Crippen molar-refractivity contribution in [3.63, 3.8) is 0 Å². The first-order valence-electron chi connectivity index (χ1n) is 9.60. The molecule has 9 nitrogen and oxygen atoms in total. The van der Waals surface area contributed by atoms with Crippen molar-refractivity contribution in [2.24, 2.45) is 10.1 Å². The minimum Gasteiger partial charge on any atom is -0.475 e. The van der Waals surface area contributed by atoms with E-state index in [1.165, 1.54) is 41.6 Å². The van der Waals surface area contributed by atoms with Gasteiger partial charge in [0.25, 0.3) is 5.91 Å². The minimum absolute atomic E-state index is 0.0598. The van der Waals surface area contributed by atoms with Crippen molar-refractivity contribution in [1.82, 2.24) is 21.0 Å². The Hall–Kier alpha value is -3.80.